The molecule has 17 heavy (non-hydrogen) atoms. The lowest BCUT2D eigenvalue weighted by atomic mass is 10.1. The Morgan fingerprint density at radius 3 is 2.41 bits per heavy atom. The average Bonchev–Trinajstić information content (AvgIpc) is 2.74. The summed E-state index contributed by atoms with van der Waals surface area (Å²) in [7, 11) is 0. The zero-order chi connectivity index (χ0) is 12.3. The van der Waals surface area contributed by atoms with Crippen LogP contribution in [0.1, 0.15) is 24.1 Å². The molecule has 5 heteroatoms. The van der Waals surface area contributed by atoms with Gasteiger partial charge in [0.25, 0.3) is 0 Å². The smallest absolute Gasteiger partial charge is 0.143 e. The van der Waals surface area contributed by atoms with E-state index in [9.17, 15) is 0 Å². The van der Waals surface area contributed by atoms with E-state index in [-0.39, 0.29) is 0 Å². The predicted molar refractivity (Wildman–Crippen MR) is 72.6 cm³/mol. The lowest BCUT2D eigenvalue weighted by Gasteiger charge is -2.06. The third-order valence-corrected chi connectivity index (χ3v) is 3.37. The minimum absolute atomic E-state index is 0.731. The van der Waals surface area contributed by atoms with E-state index in [0.29, 0.717) is 0 Å². The molecular weight excluding hydrogens is 302 g/mol. The Bertz CT molecular complexity index is 493. The second-order valence-electron chi connectivity index (χ2n) is 3.71. The molecule has 0 saturated heterocycles. The topological polar surface area (TPSA) is 30.7 Å². The van der Waals surface area contributed by atoms with Gasteiger partial charge in [-0.25, -0.2) is 0 Å². The monoisotopic (exact) mass is 313 g/mol. The molecule has 0 aliphatic rings. The summed E-state index contributed by atoms with van der Waals surface area (Å²) in [6.07, 6.45) is 0.783. The Kier molecular flexibility index (Phi) is 4.18. The highest BCUT2D eigenvalue weighted by Gasteiger charge is 2.09. The zero-order valence-corrected chi connectivity index (χ0v) is 11.9. The van der Waals surface area contributed by atoms with Crippen molar-refractivity contribution in [1.29, 1.82) is 0 Å². The number of hydrogen-bond acceptors (Lipinski definition) is 2. The van der Waals surface area contributed by atoms with E-state index in [2.05, 4.69) is 37.6 Å². The van der Waals surface area contributed by atoms with Crippen LogP contribution in [0.2, 0.25) is 5.02 Å². The average molecular weight is 315 g/mol. The fourth-order valence-corrected chi connectivity index (χ4v) is 2.29. The largest absolute Gasteiger partial charge is 0.314 e. The SMILES string of the molecule is CCn1c(CBr)nnc1Cc1ccc(Cl)cc1. The highest BCUT2D eigenvalue weighted by atomic mass is 79.9. The van der Waals surface area contributed by atoms with Crippen LogP contribution >= 0.6 is 27.5 Å². The van der Waals surface area contributed by atoms with E-state index >= 15 is 0 Å². The number of hydrogen-bond donors (Lipinski definition) is 0. The van der Waals surface area contributed by atoms with Crippen molar-refractivity contribution in [1.82, 2.24) is 14.8 Å². The van der Waals surface area contributed by atoms with Crippen molar-refractivity contribution in [2.45, 2.75) is 25.2 Å². The van der Waals surface area contributed by atoms with E-state index in [1.807, 2.05) is 24.3 Å². The van der Waals surface area contributed by atoms with Crippen molar-refractivity contribution in [2.75, 3.05) is 0 Å². The maximum Gasteiger partial charge on any atom is 0.143 e. The van der Waals surface area contributed by atoms with Crippen molar-refractivity contribution in [3.63, 3.8) is 0 Å². The normalized spacial score (nSPS) is 10.8. The number of nitrogens with zero attached hydrogens (tertiary/aromatic N) is 3. The molecule has 0 saturated carbocycles. The highest BCUT2D eigenvalue weighted by Crippen LogP contribution is 2.14. The second kappa shape index (κ2) is 5.65. The van der Waals surface area contributed by atoms with Crippen LogP contribution in [-0.4, -0.2) is 14.8 Å². The minimum Gasteiger partial charge on any atom is -0.314 e. The molecule has 0 unspecified atom stereocenters. The number of aromatic nitrogens is 3. The number of halogens is 2. The molecule has 90 valence electrons. The van der Waals surface area contributed by atoms with Gasteiger partial charge in [-0.1, -0.05) is 39.7 Å². The first-order chi connectivity index (χ1) is 8.24. The molecule has 0 radical (unpaired) electrons. The van der Waals surface area contributed by atoms with Crippen molar-refractivity contribution in [2.24, 2.45) is 0 Å². The van der Waals surface area contributed by atoms with Crippen LogP contribution in [0.3, 0.4) is 0 Å². The van der Waals surface area contributed by atoms with Gasteiger partial charge in [-0.15, -0.1) is 10.2 Å². The molecule has 0 aliphatic carbocycles. The summed E-state index contributed by atoms with van der Waals surface area (Å²) in [5, 5.41) is 9.87. The second-order valence-corrected chi connectivity index (χ2v) is 4.71. The van der Waals surface area contributed by atoms with Gasteiger partial charge in [0.05, 0.1) is 5.33 Å². The summed E-state index contributed by atoms with van der Waals surface area (Å²) in [5.74, 6) is 1.96. The summed E-state index contributed by atoms with van der Waals surface area (Å²) < 4.78 is 2.13. The molecular formula is C12H13BrClN3. The van der Waals surface area contributed by atoms with E-state index < -0.39 is 0 Å². The third kappa shape index (κ3) is 2.87. The maximum atomic E-state index is 5.86. The van der Waals surface area contributed by atoms with E-state index in [1.165, 1.54) is 5.56 Å². The van der Waals surface area contributed by atoms with E-state index in [0.717, 1.165) is 35.0 Å². The van der Waals surface area contributed by atoms with Gasteiger partial charge in [-0.2, -0.15) is 0 Å². The highest BCUT2D eigenvalue weighted by molar-refractivity contribution is 9.08. The standard InChI is InChI=1S/C12H13BrClN3/c1-2-17-11(15-16-12(17)8-13)7-9-3-5-10(14)6-4-9/h3-6H,2,7-8H2,1H3. The summed E-state index contributed by atoms with van der Waals surface area (Å²) >= 11 is 9.28. The Balaban J connectivity index is 2.23. The fraction of sp³-hybridized carbons (Fsp3) is 0.333. The molecule has 0 atom stereocenters. The van der Waals surface area contributed by atoms with E-state index in [1.54, 1.807) is 0 Å². The van der Waals surface area contributed by atoms with Gasteiger partial charge in [0, 0.05) is 18.0 Å². The van der Waals surface area contributed by atoms with Gasteiger partial charge in [0.1, 0.15) is 11.6 Å². The quantitative estimate of drug-likeness (QED) is 0.809. The lowest BCUT2D eigenvalue weighted by molar-refractivity contribution is 0.688. The number of alkyl halides is 1. The van der Waals surface area contributed by atoms with Crippen LogP contribution in [0, 0.1) is 0 Å². The van der Waals surface area contributed by atoms with Crippen LogP contribution in [0.5, 0.6) is 0 Å². The molecule has 0 N–H and O–H groups in total. The Morgan fingerprint density at radius 1 is 1.18 bits per heavy atom. The summed E-state index contributed by atoms with van der Waals surface area (Å²) in [6.45, 7) is 2.98. The molecule has 1 heterocycles. The van der Waals surface area contributed by atoms with Gasteiger partial charge >= 0.3 is 0 Å². The first kappa shape index (κ1) is 12.6. The van der Waals surface area contributed by atoms with Gasteiger partial charge in [-0.3, -0.25) is 0 Å². The Morgan fingerprint density at radius 2 is 1.82 bits per heavy atom. The van der Waals surface area contributed by atoms with Gasteiger partial charge in [0.15, 0.2) is 0 Å². The first-order valence-corrected chi connectivity index (χ1v) is 6.96. The van der Waals surface area contributed by atoms with Crippen LogP contribution < -0.4 is 0 Å². The summed E-state index contributed by atoms with van der Waals surface area (Å²) in [6, 6.07) is 7.83. The van der Waals surface area contributed by atoms with Gasteiger partial charge in [-0.05, 0) is 24.6 Å². The molecule has 1 aromatic carbocycles. The Labute approximate surface area is 114 Å². The summed E-state index contributed by atoms with van der Waals surface area (Å²) in [5.41, 5.74) is 1.19. The number of benzene rings is 1. The molecule has 0 aliphatic heterocycles. The molecule has 2 aromatic rings. The summed E-state index contributed by atoms with van der Waals surface area (Å²) in [4.78, 5) is 0. The predicted octanol–water partition coefficient (Wildman–Crippen LogP) is 3.44. The first-order valence-electron chi connectivity index (χ1n) is 5.46. The zero-order valence-electron chi connectivity index (χ0n) is 9.53. The minimum atomic E-state index is 0.731. The van der Waals surface area contributed by atoms with Crippen molar-refractivity contribution in [3.8, 4) is 0 Å². The van der Waals surface area contributed by atoms with Crippen LogP contribution in [0.25, 0.3) is 0 Å². The fourth-order valence-electron chi connectivity index (χ4n) is 1.75. The molecule has 0 fully saturated rings. The van der Waals surface area contributed by atoms with Crippen LogP contribution in [-0.2, 0) is 18.3 Å². The van der Waals surface area contributed by atoms with Crippen molar-refractivity contribution < 1.29 is 0 Å². The molecule has 0 amide bonds. The van der Waals surface area contributed by atoms with Gasteiger partial charge in [0.2, 0.25) is 0 Å². The van der Waals surface area contributed by atoms with Crippen molar-refractivity contribution >= 4 is 27.5 Å². The third-order valence-electron chi connectivity index (χ3n) is 2.62. The van der Waals surface area contributed by atoms with Gasteiger partial charge < -0.3 is 4.57 Å². The van der Waals surface area contributed by atoms with E-state index in [4.69, 9.17) is 11.6 Å². The molecule has 0 bridgehead atoms. The molecule has 2 rings (SSSR count). The molecule has 1 aromatic heterocycles. The number of rotatable bonds is 4. The van der Waals surface area contributed by atoms with Crippen LogP contribution in [0.15, 0.2) is 24.3 Å². The van der Waals surface area contributed by atoms with Crippen LogP contribution in [0.4, 0.5) is 0 Å². The Hall–Kier alpha value is -0.870. The maximum absolute atomic E-state index is 5.86. The molecule has 0 spiro atoms. The molecule has 3 nitrogen and oxygen atoms in total. The lowest BCUT2D eigenvalue weighted by Crippen LogP contribution is -2.05. The van der Waals surface area contributed by atoms with Crippen molar-refractivity contribution in [3.05, 3.63) is 46.5 Å².